The number of ether oxygens (including phenoxy) is 2. The standard InChI is InChI=1S/C16H19ClN2O4/c1-3-4-7-23-14(21)15(2)12-10(5-6-11(17)18-12)16(8-22-9-16)19-13(15)20/h5-6H,3-4,7-9H2,1-2H3,(H,19,20). The average molecular weight is 339 g/mol. The van der Waals surface area contributed by atoms with Gasteiger partial charge in [0.25, 0.3) is 0 Å². The minimum atomic E-state index is -1.51. The van der Waals surface area contributed by atoms with Crippen molar-refractivity contribution in [1.29, 1.82) is 0 Å². The maximum atomic E-state index is 12.7. The number of carbonyl (C=O) groups excluding carboxylic acids is 2. The Morgan fingerprint density at radius 2 is 2.22 bits per heavy atom. The maximum absolute atomic E-state index is 12.7. The Morgan fingerprint density at radius 1 is 1.48 bits per heavy atom. The topological polar surface area (TPSA) is 77.5 Å². The lowest BCUT2D eigenvalue weighted by molar-refractivity contribution is -0.160. The second-order valence-electron chi connectivity index (χ2n) is 6.17. The highest BCUT2D eigenvalue weighted by Gasteiger charge is 2.58. The molecule has 1 atom stereocenters. The molecule has 7 heteroatoms. The molecule has 1 N–H and O–H groups in total. The molecule has 1 spiro atoms. The van der Waals surface area contributed by atoms with Crippen molar-refractivity contribution in [3.05, 3.63) is 28.5 Å². The van der Waals surface area contributed by atoms with Crippen LogP contribution in [0.2, 0.25) is 5.15 Å². The van der Waals surface area contributed by atoms with Crippen LogP contribution in [-0.2, 0) is 30.0 Å². The van der Waals surface area contributed by atoms with Crippen LogP contribution in [0.3, 0.4) is 0 Å². The summed E-state index contributed by atoms with van der Waals surface area (Å²) < 4.78 is 10.6. The Balaban J connectivity index is 2.03. The normalized spacial score (nSPS) is 24.6. The summed E-state index contributed by atoms with van der Waals surface area (Å²) in [7, 11) is 0. The fraction of sp³-hybridized carbons (Fsp3) is 0.562. The minimum Gasteiger partial charge on any atom is -0.465 e. The number of rotatable bonds is 4. The van der Waals surface area contributed by atoms with Crippen LogP contribution in [0.1, 0.15) is 37.9 Å². The van der Waals surface area contributed by atoms with Gasteiger partial charge in [0, 0.05) is 5.56 Å². The summed E-state index contributed by atoms with van der Waals surface area (Å²) in [5.74, 6) is -1.03. The number of aromatic nitrogens is 1. The lowest BCUT2D eigenvalue weighted by atomic mass is 9.72. The van der Waals surface area contributed by atoms with Gasteiger partial charge >= 0.3 is 5.97 Å². The number of halogens is 1. The highest BCUT2D eigenvalue weighted by molar-refractivity contribution is 6.29. The van der Waals surface area contributed by atoms with Crippen molar-refractivity contribution in [2.75, 3.05) is 19.8 Å². The highest BCUT2D eigenvalue weighted by Crippen LogP contribution is 2.42. The molecule has 0 aliphatic carbocycles. The lowest BCUT2D eigenvalue weighted by Gasteiger charge is -2.49. The van der Waals surface area contributed by atoms with Crippen LogP contribution in [0.15, 0.2) is 12.1 Å². The summed E-state index contributed by atoms with van der Waals surface area (Å²) in [6, 6.07) is 3.45. The van der Waals surface area contributed by atoms with Crippen molar-refractivity contribution in [2.45, 2.75) is 37.6 Å². The number of hydrogen-bond acceptors (Lipinski definition) is 5. The number of esters is 1. The molecule has 1 amide bonds. The second kappa shape index (κ2) is 5.76. The van der Waals surface area contributed by atoms with Gasteiger partial charge in [0.2, 0.25) is 5.91 Å². The third kappa shape index (κ3) is 2.40. The lowest BCUT2D eigenvalue weighted by Crippen LogP contribution is -2.68. The summed E-state index contributed by atoms with van der Waals surface area (Å²) in [5.41, 5.74) is -0.997. The number of nitrogens with zero attached hydrogens (tertiary/aromatic N) is 1. The van der Waals surface area contributed by atoms with Gasteiger partial charge in [-0.15, -0.1) is 0 Å². The Hall–Kier alpha value is -1.66. The third-order valence-electron chi connectivity index (χ3n) is 4.49. The molecule has 2 aliphatic rings. The van der Waals surface area contributed by atoms with Crippen LogP contribution < -0.4 is 5.32 Å². The molecule has 0 bridgehead atoms. The van der Waals surface area contributed by atoms with Crippen LogP contribution in [0, 0.1) is 0 Å². The first-order valence-electron chi connectivity index (χ1n) is 7.69. The van der Waals surface area contributed by atoms with E-state index in [2.05, 4.69) is 10.3 Å². The maximum Gasteiger partial charge on any atom is 0.327 e. The van der Waals surface area contributed by atoms with E-state index in [0.29, 0.717) is 18.9 Å². The number of fused-ring (bicyclic) bond motifs is 2. The zero-order valence-electron chi connectivity index (χ0n) is 13.1. The Bertz CT molecular complexity index is 659. The predicted octanol–water partition coefficient (Wildman–Crippen LogP) is 1.69. The van der Waals surface area contributed by atoms with Crippen molar-refractivity contribution in [1.82, 2.24) is 10.3 Å². The van der Waals surface area contributed by atoms with Crippen LogP contribution >= 0.6 is 11.6 Å². The molecule has 1 unspecified atom stereocenters. The van der Waals surface area contributed by atoms with Crippen molar-refractivity contribution in [3.63, 3.8) is 0 Å². The number of unbranched alkanes of at least 4 members (excludes halogenated alkanes) is 1. The first-order chi connectivity index (χ1) is 10.9. The molecule has 6 nitrogen and oxygen atoms in total. The molecular formula is C16H19ClN2O4. The molecule has 1 aromatic heterocycles. The van der Waals surface area contributed by atoms with E-state index >= 15 is 0 Å². The highest BCUT2D eigenvalue weighted by atomic mass is 35.5. The quantitative estimate of drug-likeness (QED) is 0.391. The minimum absolute atomic E-state index is 0.237. The second-order valence-corrected chi connectivity index (χ2v) is 6.56. The van der Waals surface area contributed by atoms with Gasteiger partial charge in [-0.3, -0.25) is 9.59 Å². The molecular weight excluding hydrogens is 320 g/mol. The molecule has 2 aliphatic heterocycles. The molecule has 0 aromatic carbocycles. The van der Waals surface area contributed by atoms with E-state index in [-0.39, 0.29) is 11.8 Å². The number of carbonyl (C=O) groups is 2. The monoisotopic (exact) mass is 338 g/mol. The number of amides is 1. The first kappa shape index (κ1) is 16.2. The molecule has 124 valence electrons. The number of hydrogen-bond donors (Lipinski definition) is 1. The Labute approximate surface area is 139 Å². The van der Waals surface area contributed by atoms with Crippen LogP contribution in [-0.4, -0.2) is 36.7 Å². The fourth-order valence-corrected chi connectivity index (χ4v) is 3.04. The summed E-state index contributed by atoms with van der Waals surface area (Å²) in [4.78, 5) is 29.6. The van der Waals surface area contributed by atoms with Gasteiger partial charge in [-0.2, -0.15) is 0 Å². The van der Waals surface area contributed by atoms with Crippen molar-refractivity contribution in [3.8, 4) is 0 Å². The summed E-state index contributed by atoms with van der Waals surface area (Å²) in [6.45, 7) is 4.53. The van der Waals surface area contributed by atoms with E-state index in [1.165, 1.54) is 6.92 Å². The van der Waals surface area contributed by atoms with Crippen LogP contribution in [0.5, 0.6) is 0 Å². The van der Waals surface area contributed by atoms with Gasteiger partial charge in [0.1, 0.15) is 10.7 Å². The zero-order chi connectivity index (χ0) is 16.7. The van der Waals surface area contributed by atoms with E-state index in [9.17, 15) is 9.59 Å². The molecule has 23 heavy (non-hydrogen) atoms. The molecule has 3 rings (SSSR count). The summed E-state index contributed by atoms with van der Waals surface area (Å²) in [5, 5.41) is 3.16. The third-order valence-corrected chi connectivity index (χ3v) is 4.70. The average Bonchev–Trinajstić information content (AvgIpc) is 2.49. The first-order valence-corrected chi connectivity index (χ1v) is 8.07. The Morgan fingerprint density at radius 3 is 2.83 bits per heavy atom. The van der Waals surface area contributed by atoms with Gasteiger partial charge in [-0.05, 0) is 19.4 Å². The van der Waals surface area contributed by atoms with Gasteiger partial charge < -0.3 is 14.8 Å². The fourth-order valence-electron chi connectivity index (χ4n) is 2.90. The van der Waals surface area contributed by atoms with Crippen molar-refractivity contribution < 1.29 is 19.1 Å². The Kier molecular flexibility index (Phi) is 4.06. The van der Waals surface area contributed by atoms with Gasteiger partial charge in [0.05, 0.1) is 25.5 Å². The molecule has 3 heterocycles. The van der Waals surface area contributed by atoms with Gasteiger partial charge in [-0.25, -0.2) is 4.98 Å². The van der Waals surface area contributed by atoms with Crippen LogP contribution in [0.25, 0.3) is 0 Å². The number of nitrogens with one attached hydrogen (secondary N) is 1. The SMILES string of the molecule is CCCCOC(=O)C1(C)C(=O)NC2(COC2)c2ccc(Cl)nc21. The molecule has 1 fully saturated rings. The van der Waals surface area contributed by atoms with E-state index in [1.807, 2.05) is 6.92 Å². The summed E-state index contributed by atoms with van der Waals surface area (Å²) >= 11 is 6.01. The van der Waals surface area contributed by atoms with Crippen molar-refractivity contribution >= 4 is 23.5 Å². The van der Waals surface area contributed by atoms with Crippen LogP contribution in [0.4, 0.5) is 0 Å². The molecule has 1 aromatic rings. The van der Waals surface area contributed by atoms with Gasteiger partial charge in [-0.1, -0.05) is 31.0 Å². The largest absolute Gasteiger partial charge is 0.465 e. The van der Waals surface area contributed by atoms with E-state index in [1.54, 1.807) is 12.1 Å². The van der Waals surface area contributed by atoms with E-state index < -0.39 is 22.8 Å². The van der Waals surface area contributed by atoms with Crippen molar-refractivity contribution in [2.24, 2.45) is 0 Å². The molecule has 0 saturated carbocycles. The zero-order valence-corrected chi connectivity index (χ0v) is 13.9. The molecule has 1 saturated heterocycles. The van der Waals surface area contributed by atoms with E-state index in [4.69, 9.17) is 21.1 Å². The molecule has 0 radical (unpaired) electrons. The smallest absolute Gasteiger partial charge is 0.327 e. The summed E-state index contributed by atoms with van der Waals surface area (Å²) in [6.07, 6.45) is 1.65. The predicted molar refractivity (Wildman–Crippen MR) is 83.1 cm³/mol. The van der Waals surface area contributed by atoms with E-state index in [0.717, 1.165) is 18.4 Å². The van der Waals surface area contributed by atoms with Gasteiger partial charge in [0.15, 0.2) is 5.41 Å². The number of pyridine rings is 1.